The molecule has 1 rings (SSSR count). The van der Waals surface area contributed by atoms with Crippen LogP contribution in [0.4, 0.5) is 0 Å². The van der Waals surface area contributed by atoms with E-state index in [1.165, 1.54) is 0 Å². The Bertz CT molecular complexity index is 301. The maximum atomic E-state index is 5.93. The van der Waals surface area contributed by atoms with E-state index in [1.54, 1.807) is 0 Å². The molecule has 0 fully saturated rings. The van der Waals surface area contributed by atoms with Crippen LogP contribution in [0.3, 0.4) is 0 Å². The molecule has 1 heterocycles. The molecule has 0 aliphatic rings. The molecule has 1 aromatic rings. The van der Waals surface area contributed by atoms with Gasteiger partial charge in [-0.15, -0.1) is 0 Å². The zero-order chi connectivity index (χ0) is 9.52. The molecule has 0 N–H and O–H groups in total. The minimum absolute atomic E-state index is 0.0610. The summed E-state index contributed by atoms with van der Waals surface area (Å²) in [7, 11) is 0. The van der Waals surface area contributed by atoms with Gasteiger partial charge in [-0.3, -0.25) is 4.68 Å². The number of aromatic nitrogens is 2. The summed E-state index contributed by atoms with van der Waals surface area (Å²) in [6.45, 7) is 6.19. The second-order valence-electron chi connectivity index (χ2n) is 3.48. The molecule has 0 saturated heterocycles. The molecule has 5 heteroatoms. The van der Waals surface area contributed by atoms with Crippen LogP contribution in [0.5, 0.6) is 0 Å². The first kappa shape index (κ1) is 10.5. The molecule has 68 valence electrons. The number of nitrogens with zero attached hydrogens (tertiary/aromatic N) is 2. The van der Waals surface area contributed by atoms with Crippen molar-refractivity contribution >= 4 is 43.5 Å². The van der Waals surface area contributed by atoms with Gasteiger partial charge in [-0.1, -0.05) is 11.6 Å². The Morgan fingerprint density at radius 3 is 2.00 bits per heavy atom. The first-order valence-electron chi connectivity index (χ1n) is 3.44. The van der Waals surface area contributed by atoms with Gasteiger partial charge in [0.05, 0.1) is 5.54 Å². The molecule has 12 heavy (non-hydrogen) atoms. The van der Waals surface area contributed by atoms with Crippen LogP contribution in [-0.2, 0) is 5.54 Å². The van der Waals surface area contributed by atoms with E-state index in [9.17, 15) is 0 Å². The number of hydrogen-bond donors (Lipinski definition) is 0. The molecule has 2 nitrogen and oxygen atoms in total. The molecule has 0 bridgehead atoms. The van der Waals surface area contributed by atoms with E-state index in [1.807, 2.05) is 4.68 Å². The van der Waals surface area contributed by atoms with Crippen molar-refractivity contribution < 1.29 is 0 Å². The monoisotopic (exact) mass is 314 g/mol. The summed E-state index contributed by atoms with van der Waals surface area (Å²) in [5.41, 5.74) is -0.0610. The maximum absolute atomic E-state index is 5.93. The fraction of sp³-hybridized carbons (Fsp3) is 0.571. The van der Waals surface area contributed by atoms with Crippen LogP contribution in [0, 0.1) is 0 Å². The van der Waals surface area contributed by atoms with Gasteiger partial charge in [0.2, 0.25) is 0 Å². The lowest BCUT2D eigenvalue weighted by Crippen LogP contribution is -2.23. The van der Waals surface area contributed by atoms with E-state index in [4.69, 9.17) is 11.6 Å². The lowest BCUT2D eigenvalue weighted by Gasteiger charge is -2.20. The SMILES string of the molecule is CC(C)(C)n1nc(Br)c(Cl)c1Br. The third kappa shape index (κ3) is 1.86. The molecule has 0 aromatic carbocycles. The van der Waals surface area contributed by atoms with E-state index in [-0.39, 0.29) is 5.54 Å². The summed E-state index contributed by atoms with van der Waals surface area (Å²) in [4.78, 5) is 0. The van der Waals surface area contributed by atoms with Gasteiger partial charge in [-0.25, -0.2) is 0 Å². The van der Waals surface area contributed by atoms with Crippen molar-refractivity contribution in [3.8, 4) is 0 Å². The van der Waals surface area contributed by atoms with E-state index in [2.05, 4.69) is 57.7 Å². The van der Waals surface area contributed by atoms with Crippen molar-refractivity contribution in [2.24, 2.45) is 0 Å². The van der Waals surface area contributed by atoms with Gasteiger partial charge in [0.15, 0.2) is 0 Å². The Hall–Kier alpha value is 0.460. The van der Waals surface area contributed by atoms with Gasteiger partial charge >= 0.3 is 0 Å². The fourth-order valence-electron chi connectivity index (χ4n) is 0.798. The van der Waals surface area contributed by atoms with E-state index >= 15 is 0 Å². The highest BCUT2D eigenvalue weighted by Crippen LogP contribution is 2.33. The van der Waals surface area contributed by atoms with Crippen molar-refractivity contribution in [1.29, 1.82) is 0 Å². The molecule has 0 aliphatic heterocycles. The predicted octanol–water partition coefficient (Wildman–Crippen LogP) is 3.82. The Balaban J connectivity index is 3.28. The Labute approximate surface area is 93.5 Å². The largest absolute Gasteiger partial charge is 0.250 e. The van der Waals surface area contributed by atoms with Crippen molar-refractivity contribution in [2.45, 2.75) is 26.3 Å². The molecule has 0 radical (unpaired) electrons. The van der Waals surface area contributed by atoms with Crippen LogP contribution in [0.1, 0.15) is 20.8 Å². The lowest BCUT2D eigenvalue weighted by atomic mass is 10.1. The topological polar surface area (TPSA) is 17.8 Å². The third-order valence-electron chi connectivity index (χ3n) is 1.37. The second kappa shape index (κ2) is 3.31. The molecular formula is C7H9Br2ClN2. The van der Waals surface area contributed by atoms with Crippen LogP contribution in [0.2, 0.25) is 5.02 Å². The van der Waals surface area contributed by atoms with Crippen molar-refractivity contribution in [3.05, 3.63) is 14.2 Å². The summed E-state index contributed by atoms with van der Waals surface area (Å²) in [6, 6.07) is 0. The van der Waals surface area contributed by atoms with Gasteiger partial charge in [0, 0.05) is 0 Å². The zero-order valence-electron chi connectivity index (χ0n) is 7.03. The third-order valence-corrected chi connectivity index (χ3v) is 3.47. The van der Waals surface area contributed by atoms with Crippen LogP contribution in [-0.4, -0.2) is 9.78 Å². The molecule has 0 unspecified atom stereocenters. The second-order valence-corrected chi connectivity index (χ2v) is 5.36. The summed E-state index contributed by atoms with van der Waals surface area (Å²) < 4.78 is 3.31. The first-order valence-corrected chi connectivity index (χ1v) is 5.40. The molecule has 0 atom stereocenters. The lowest BCUT2D eigenvalue weighted by molar-refractivity contribution is 0.347. The summed E-state index contributed by atoms with van der Waals surface area (Å²) in [5, 5.41) is 4.85. The zero-order valence-corrected chi connectivity index (χ0v) is 11.0. The van der Waals surface area contributed by atoms with Crippen LogP contribution in [0.25, 0.3) is 0 Å². The summed E-state index contributed by atoms with van der Waals surface area (Å²) in [5.74, 6) is 0. The normalized spacial score (nSPS) is 12.2. The fourth-order valence-corrected chi connectivity index (χ4v) is 2.33. The highest BCUT2D eigenvalue weighted by atomic mass is 79.9. The van der Waals surface area contributed by atoms with Crippen LogP contribution < -0.4 is 0 Å². The molecule has 0 aliphatic carbocycles. The smallest absolute Gasteiger partial charge is 0.147 e. The Kier molecular flexibility index (Phi) is 2.91. The Morgan fingerprint density at radius 1 is 1.33 bits per heavy atom. The number of rotatable bonds is 0. The number of halogens is 3. The highest BCUT2D eigenvalue weighted by molar-refractivity contribution is 9.11. The minimum atomic E-state index is -0.0610. The Morgan fingerprint density at radius 2 is 1.83 bits per heavy atom. The predicted molar refractivity (Wildman–Crippen MR) is 57.6 cm³/mol. The van der Waals surface area contributed by atoms with E-state index in [0.717, 1.165) is 4.60 Å². The van der Waals surface area contributed by atoms with Crippen LogP contribution in [0.15, 0.2) is 9.21 Å². The van der Waals surface area contributed by atoms with Gasteiger partial charge < -0.3 is 0 Å². The minimum Gasteiger partial charge on any atom is -0.250 e. The van der Waals surface area contributed by atoms with Crippen molar-refractivity contribution in [1.82, 2.24) is 9.78 Å². The first-order chi connectivity index (χ1) is 5.34. The molecule has 0 saturated carbocycles. The summed E-state index contributed by atoms with van der Waals surface area (Å²) >= 11 is 12.6. The van der Waals surface area contributed by atoms with Crippen LogP contribution >= 0.6 is 43.5 Å². The average molecular weight is 316 g/mol. The van der Waals surface area contributed by atoms with Crippen molar-refractivity contribution in [2.75, 3.05) is 0 Å². The van der Waals surface area contributed by atoms with Gasteiger partial charge in [0.25, 0.3) is 0 Å². The molecule has 1 aromatic heterocycles. The van der Waals surface area contributed by atoms with E-state index < -0.39 is 0 Å². The van der Waals surface area contributed by atoms with Gasteiger partial charge in [-0.2, -0.15) is 5.10 Å². The molecule has 0 amide bonds. The van der Waals surface area contributed by atoms with Gasteiger partial charge in [0.1, 0.15) is 14.2 Å². The standard InChI is InChI=1S/C7H9Br2ClN2/c1-7(2,3)12-6(9)4(10)5(8)11-12/h1-3H3. The quantitative estimate of drug-likeness (QED) is 0.711. The highest BCUT2D eigenvalue weighted by Gasteiger charge is 2.21. The van der Waals surface area contributed by atoms with Gasteiger partial charge in [-0.05, 0) is 52.6 Å². The number of hydrogen-bond acceptors (Lipinski definition) is 1. The van der Waals surface area contributed by atoms with Crippen molar-refractivity contribution in [3.63, 3.8) is 0 Å². The molecule has 0 spiro atoms. The summed E-state index contributed by atoms with van der Waals surface area (Å²) in [6.07, 6.45) is 0. The maximum Gasteiger partial charge on any atom is 0.147 e. The van der Waals surface area contributed by atoms with E-state index in [0.29, 0.717) is 9.63 Å². The average Bonchev–Trinajstić information content (AvgIpc) is 2.15. The molecular weight excluding hydrogens is 307 g/mol.